The van der Waals surface area contributed by atoms with Crippen LogP contribution in [0, 0.1) is 20.8 Å². The Morgan fingerprint density at radius 1 is 1.14 bits per heavy atom. The molecule has 152 valence electrons. The number of anilines is 1. The van der Waals surface area contributed by atoms with Crippen LogP contribution in [-0.2, 0) is 17.4 Å². The highest BCUT2D eigenvalue weighted by Gasteiger charge is 2.30. The molecular formula is C21H19BrF3N3O. The molecule has 4 nitrogen and oxygen atoms in total. The molecule has 3 rings (SSSR count). The third-order valence-electron chi connectivity index (χ3n) is 4.60. The average Bonchev–Trinajstić information content (AvgIpc) is 2.92. The lowest BCUT2D eigenvalue weighted by Gasteiger charge is -2.11. The Morgan fingerprint density at radius 3 is 2.52 bits per heavy atom. The maximum absolute atomic E-state index is 13.0. The summed E-state index contributed by atoms with van der Waals surface area (Å²) in [5.41, 5.74) is 3.17. The summed E-state index contributed by atoms with van der Waals surface area (Å²) < 4.78 is 41.3. The van der Waals surface area contributed by atoms with E-state index in [1.807, 2.05) is 25.1 Å². The zero-order chi connectivity index (χ0) is 21.3. The molecule has 0 aliphatic heterocycles. The fourth-order valence-corrected chi connectivity index (χ4v) is 3.67. The molecule has 8 heteroatoms. The molecule has 1 amide bonds. The summed E-state index contributed by atoms with van der Waals surface area (Å²) in [4.78, 5) is 12.5. The van der Waals surface area contributed by atoms with Crippen LogP contribution in [0.15, 0.2) is 46.9 Å². The summed E-state index contributed by atoms with van der Waals surface area (Å²) in [6, 6.07) is 10.6. The number of benzene rings is 2. The van der Waals surface area contributed by atoms with Crippen molar-refractivity contribution < 1.29 is 18.0 Å². The first-order chi connectivity index (χ1) is 13.6. The standard InChI is InChI=1S/C21H19BrF3N3O/c1-12-7-8-19(18(22)9-12)26-20(29)11-17-13(2)27-28(14(17)3)16-6-4-5-15(10-16)21(23,24)25/h4-10H,11H2,1-3H3,(H,26,29). The summed E-state index contributed by atoms with van der Waals surface area (Å²) in [6.07, 6.45) is -4.37. The summed E-state index contributed by atoms with van der Waals surface area (Å²) in [6.45, 7) is 5.43. The Balaban J connectivity index is 1.85. The van der Waals surface area contributed by atoms with Crippen LogP contribution in [0.25, 0.3) is 5.69 Å². The zero-order valence-electron chi connectivity index (χ0n) is 16.1. The summed E-state index contributed by atoms with van der Waals surface area (Å²) in [7, 11) is 0. The van der Waals surface area contributed by atoms with Gasteiger partial charge in [-0.3, -0.25) is 4.79 Å². The van der Waals surface area contributed by atoms with E-state index in [4.69, 9.17) is 0 Å². The molecule has 1 N–H and O–H groups in total. The number of hydrogen-bond donors (Lipinski definition) is 1. The Bertz CT molecular complexity index is 1070. The van der Waals surface area contributed by atoms with E-state index in [9.17, 15) is 18.0 Å². The first-order valence-electron chi connectivity index (χ1n) is 8.85. The lowest BCUT2D eigenvalue weighted by Crippen LogP contribution is -2.15. The van der Waals surface area contributed by atoms with Gasteiger partial charge in [-0.15, -0.1) is 0 Å². The molecule has 0 bridgehead atoms. The molecule has 0 saturated carbocycles. The van der Waals surface area contributed by atoms with E-state index in [-0.39, 0.29) is 12.3 Å². The number of halogens is 4. The number of nitrogens with zero attached hydrogens (tertiary/aromatic N) is 2. The first kappa shape index (κ1) is 21.1. The van der Waals surface area contributed by atoms with E-state index in [1.54, 1.807) is 19.9 Å². The molecule has 0 aliphatic carbocycles. The van der Waals surface area contributed by atoms with Gasteiger partial charge in [-0.1, -0.05) is 12.1 Å². The maximum atomic E-state index is 13.0. The van der Waals surface area contributed by atoms with Crippen molar-refractivity contribution >= 4 is 27.5 Å². The van der Waals surface area contributed by atoms with E-state index in [2.05, 4.69) is 26.3 Å². The second kappa shape index (κ2) is 8.02. The second-order valence-electron chi connectivity index (χ2n) is 6.82. The van der Waals surface area contributed by atoms with Crippen molar-refractivity contribution in [3.63, 3.8) is 0 Å². The lowest BCUT2D eigenvalue weighted by atomic mass is 10.1. The van der Waals surface area contributed by atoms with Gasteiger partial charge in [0.2, 0.25) is 5.91 Å². The van der Waals surface area contributed by atoms with E-state index >= 15 is 0 Å². The number of hydrogen-bond acceptors (Lipinski definition) is 2. The van der Waals surface area contributed by atoms with Crippen LogP contribution in [0.4, 0.5) is 18.9 Å². The number of alkyl halides is 3. The van der Waals surface area contributed by atoms with Gasteiger partial charge in [-0.2, -0.15) is 18.3 Å². The maximum Gasteiger partial charge on any atom is 0.416 e. The Morgan fingerprint density at radius 2 is 1.86 bits per heavy atom. The van der Waals surface area contributed by atoms with Gasteiger partial charge in [0.15, 0.2) is 0 Å². The topological polar surface area (TPSA) is 46.9 Å². The summed E-state index contributed by atoms with van der Waals surface area (Å²) >= 11 is 3.42. The average molecular weight is 466 g/mol. The number of aryl methyl sites for hydroxylation is 2. The minimum Gasteiger partial charge on any atom is -0.325 e. The lowest BCUT2D eigenvalue weighted by molar-refractivity contribution is -0.137. The predicted octanol–water partition coefficient (Wildman–Crippen LogP) is 5.76. The third-order valence-corrected chi connectivity index (χ3v) is 5.25. The molecule has 3 aromatic rings. The number of carbonyl (C=O) groups is 1. The van der Waals surface area contributed by atoms with E-state index in [1.165, 1.54) is 10.7 Å². The summed E-state index contributed by atoms with van der Waals surface area (Å²) in [5.74, 6) is -0.232. The highest BCUT2D eigenvalue weighted by molar-refractivity contribution is 9.10. The van der Waals surface area contributed by atoms with Crippen LogP contribution in [-0.4, -0.2) is 15.7 Å². The van der Waals surface area contributed by atoms with Crippen molar-refractivity contribution in [2.75, 3.05) is 5.32 Å². The van der Waals surface area contributed by atoms with Gasteiger partial charge in [0, 0.05) is 15.7 Å². The van der Waals surface area contributed by atoms with E-state index in [0.717, 1.165) is 22.2 Å². The number of nitrogens with one attached hydrogen (secondary N) is 1. The Hall–Kier alpha value is -2.61. The smallest absolute Gasteiger partial charge is 0.325 e. The zero-order valence-corrected chi connectivity index (χ0v) is 17.6. The van der Waals surface area contributed by atoms with Crippen LogP contribution in [0.1, 0.15) is 28.1 Å². The molecule has 2 aromatic carbocycles. The van der Waals surface area contributed by atoms with Crippen molar-refractivity contribution in [1.29, 1.82) is 0 Å². The highest BCUT2D eigenvalue weighted by atomic mass is 79.9. The largest absolute Gasteiger partial charge is 0.416 e. The van der Waals surface area contributed by atoms with Crippen LogP contribution in [0.5, 0.6) is 0 Å². The van der Waals surface area contributed by atoms with Crippen LogP contribution < -0.4 is 5.32 Å². The Labute approximate surface area is 174 Å². The van der Waals surface area contributed by atoms with Crippen molar-refractivity contribution in [2.45, 2.75) is 33.4 Å². The molecule has 1 heterocycles. The molecule has 29 heavy (non-hydrogen) atoms. The first-order valence-corrected chi connectivity index (χ1v) is 9.64. The van der Waals surface area contributed by atoms with Crippen LogP contribution in [0.2, 0.25) is 0 Å². The van der Waals surface area contributed by atoms with Crippen molar-refractivity contribution in [2.24, 2.45) is 0 Å². The molecule has 0 aliphatic rings. The van der Waals surface area contributed by atoms with Crippen LogP contribution in [0.3, 0.4) is 0 Å². The fraction of sp³-hybridized carbons (Fsp3) is 0.238. The SMILES string of the molecule is Cc1ccc(NC(=O)Cc2c(C)nn(-c3cccc(C(F)(F)F)c3)c2C)c(Br)c1. The Kier molecular flexibility index (Phi) is 5.84. The number of aromatic nitrogens is 2. The molecular weight excluding hydrogens is 447 g/mol. The number of rotatable bonds is 4. The molecule has 1 aromatic heterocycles. The molecule has 0 saturated heterocycles. The molecule has 0 spiro atoms. The molecule has 0 fully saturated rings. The summed E-state index contributed by atoms with van der Waals surface area (Å²) in [5, 5.41) is 7.20. The minimum absolute atomic E-state index is 0.0664. The van der Waals surface area contributed by atoms with Gasteiger partial charge in [0.1, 0.15) is 0 Å². The van der Waals surface area contributed by atoms with Gasteiger partial charge in [-0.25, -0.2) is 4.68 Å². The minimum atomic E-state index is -4.43. The number of carbonyl (C=O) groups excluding carboxylic acids is 1. The fourth-order valence-electron chi connectivity index (χ4n) is 3.07. The van der Waals surface area contributed by atoms with Gasteiger partial charge in [0.25, 0.3) is 0 Å². The molecule has 0 radical (unpaired) electrons. The normalized spacial score (nSPS) is 11.6. The predicted molar refractivity (Wildman–Crippen MR) is 109 cm³/mol. The van der Waals surface area contributed by atoms with Gasteiger partial charge in [-0.05, 0) is 72.6 Å². The van der Waals surface area contributed by atoms with E-state index < -0.39 is 11.7 Å². The highest BCUT2D eigenvalue weighted by Crippen LogP contribution is 2.31. The monoisotopic (exact) mass is 465 g/mol. The third kappa shape index (κ3) is 4.70. The van der Waals surface area contributed by atoms with Crippen molar-refractivity contribution in [1.82, 2.24) is 9.78 Å². The van der Waals surface area contributed by atoms with Gasteiger partial charge < -0.3 is 5.32 Å². The van der Waals surface area contributed by atoms with Gasteiger partial charge >= 0.3 is 6.18 Å². The number of amides is 1. The van der Waals surface area contributed by atoms with E-state index in [0.29, 0.717) is 28.3 Å². The van der Waals surface area contributed by atoms with Crippen LogP contribution >= 0.6 is 15.9 Å². The molecule has 0 unspecified atom stereocenters. The van der Waals surface area contributed by atoms with Crippen molar-refractivity contribution in [3.05, 3.63) is 75.0 Å². The quantitative estimate of drug-likeness (QED) is 0.532. The second-order valence-corrected chi connectivity index (χ2v) is 7.67. The van der Waals surface area contributed by atoms with Crippen molar-refractivity contribution in [3.8, 4) is 5.69 Å². The molecule has 0 atom stereocenters. The van der Waals surface area contributed by atoms with Gasteiger partial charge in [0.05, 0.1) is 29.1 Å².